The van der Waals surface area contributed by atoms with Gasteiger partial charge in [0, 0.05) is 23.1 Å². The van der Waals surface area contributed by atoms with Crippen molar-refractivity contribution in [1.82, 2.24) is 4.90 Å². The summed E-state index contributed by atoms with van der Waals surface area (Å²) in [4.78, 5) is 38.2. The van der Waals surface area contributed by atoms with Crippen molar-refractivity contribution in [3.05, 3.63) is 28.2 Å². The molecule has 1 heterocycles. The highest BCUT2D eigenvalue weighted by Gasteiger charge is 2.47. The molecule has 1 aliphatic heterocycles. The van der Waals surface area contributed by atoms with Gasteiger partial charge in [-0.3, -0.25) is 19.3 Å². The van der Waals surface area contributed by atoms with Crippen LogP contribution < -0.4 is 5.32 Å². The van der Waals surface area contributed by atoms with E-state index in [0.29, 0.717) is 0 Å². The summed E-state index contributed by atoms with van der Waals surface area (Å²) in [6.45, 7) is 2.09. The second-order valence-corrected chi connectivity index (χ2v) is 7.50. The maximum atomic E-state index is 12.4. The first-order valence-electron chi connectivity index (χ1n) is 8.38. The molecule has 2 aliphatic rings. The van der Waals surface area contributed by atoms with Gasteiger partial charge in [0.25, 0.3) is 0 Å². The molecule has 6 heteroatoms. The molecule has 1 aliphatic carbocycles. The van der Waals surface area contributed by atoms with E-state index in [0.717, 1.165) is 41.4 Å². The number of carbonyl (C=O) groups is 3. The van der Waals surface area contributed by atoms with Crippen LogP contribution in [-0.4, -0.2) is 29.2 Å². The molecule has 1 aromatic carbocycles. The van der Waals surface area contributed by atoms with E-state index in [1.165, 1.54) is 4.90 Å². The van der Waals surface area contributed by atoms with Crippen LogP contribution in [0.15, 0.2) is 22.7 Å². The van der Waals surface area contributed by atoms with E-state index in [-0.39, 0.29) is 42.5 Å². The number of aryl methyl sites for hydroxylation is 1. The van der Waals surface area contributed by atoms with Gasteiger partial charge in [-0.05, 0) is 43.5 Å². The molecule has 0 radical (unpaired) electrons. The van der Waals surface area contributed by atoms with Gasteiger partial charge >= 0.3 is 0 Å². The minimum Gasteiger partial charge on any atom is -0.326 e. The molecule has 5 nitrogen and oxygen atoms in total. The van der Waals surface area contributed by atoms with Crippen LogP contribution in [0.4, 0.5) is 5.69 Å². The number of anilines is 1. The Balaban J connectivity index is 1.58. The second-order valence-electron chi connectivity index (χ2n) is 6.58. The van der Waals surface area contributed by atoms with E-state index in [2.05, 4.69) is 21.2 Å². The largest absolute Gasteiger partial charge is 0.326 e. The molecule has 0 bridgehead atoms. The van der Waals surface area contributed by atoms with E-state index in [1.807, 2.05) is 25.1 Å². The Kier molecular flexibility index (Phi) is 5.04. The van der Waals surface area contributed by atoms with Gasteiger partial charge in [0.1, 0.15) is 0 Å². The van der Waals surface area contributed by atoms with Crippen LogP contribution in [0.2, 0.25) is 0 Å². The highest BCUT2D eigenvalue weighted by atomic mass is 79.9. The minimum atomic E-state index is -0.184. The SMILES string of the molecule is Cc1cc(Br)ccc1NC(=O)CCN1C(=O)[C@H]2CCCC[C@H]2C1=O. The number of nitrogens with zero attached hydrogens (tertiary/aromatic N) is 1. The summed E-state index contributed by atoms with van der Waals surface area (Å²) in [6.07, 6.45) is 3.76. The summed E-state index contributed by atoms with van der Waals surface area (Å²) in [6, 6.07) is 5.62. The van der Waals surface area contributed by atoms with Crippen molar-refractivity contribution in [2.24, 2.45) is 11.8 Å². The van der Waals surface area contributed by atoms with Gasteiger partial charge in [-0.2, -0.15) is 0 Å². The van der Waals surface area contributed by atoms with E-state index in [9.17, 15) is 14.4 Å². The quantitative estimate of drug-likeness (QED) is 0.799. The smallest absolute Gasteiger partial charge is 0.233 e. The molecule has 1 saturated heterocycles. The number of carbonyl (C=O) groups excluding carboxylic acids is 3. The van der Waals surface area contributed by atoms with Crippen molar-refractivity contribution < 1.29 is 14.4 Å². The molecule has 3 rings (SSSR count). The van der Waals surface area contributed by atoms with Crippen LogP contribution in [-0.2, 0) is 14.4 Å². The number of likely N-dealkylation sites (tertiary alicyclic amines) is 1. The lowest BCUT2D eigenvalue weighted by Crippen LogP contribution is -2.34. The first-order chi connectivity index (χ1) is 11.5. The number of hydrogen-bond donors (Lipinski definition) is 1. The Labute approximate surface area is 149 Å². The molecule has 1 aromatic rings. The number of imide groups is 1. The van der Waals surface area contributed by atoms with Crippen molar-refractivity contribution in [3.63, 3.8) is 0 Å². The van der Waals surface area contributed by atoms with E-state index in [1.54, 1.807) is 0 Å². The molecular formula is C18H21BrN2O3. The molecule has 3 amide bonds. The van der Waals surface area contributed by atoms with Gasteiger partial charge in [0.05, 0.1) is 11.8 Å². The second kappa shape index (κ2) is 7.05. The monoisotopic (exact) mass is 392 g/mol. The van der Waals surface area contributed by atoms with Gasteiger partial charge in [-0.25, -0.2) is 0 Å². The van der Waals surface area contributed by atoms with Crippen molar-refractivity contribution in [1.29, 1.82) is 0 Å². The Morgan fingerprint density at radius 3 is 2.42 bits per heavy atom. The standard InChI is InChI=1S/C18H21BrN2O3/c1-11-10-12(19)6-7-15(11)20-16(22)8-9-21-17(23)13-4-2-3-5-14(13)18(21)24/h6-7,10,13-14H,2-5,8-9H2,1H3,(H,20,22)/t13-,14+. The molecule has 24 heavy (non-hydrogen) atoms. The Hall–Kier alpha value is -1.69. The first kappa shape index (κ1) is 17.1. The number of benzene rings is 1. The molecule has 1 saturated carbocycles. The minimum absolute atomic E-state index is 0.0858. The lowest BCUT2D eigenvalue weighted by atomic mass is 9.81. The van der Waals surface area contributed by atoms with Gasteiger partial charge < -0.3 is 5.32 Å². The van der Waals surface area contributed by atoms with E-state index in [4.69, 9.17) is 0 Å². The normalized spacial score (nSPS) is 23.3. The average molecular weight is 393 g/mol. The first-order valence-corrected chi connectivity index (χ1v) is 9.18. The maximum Gasteiger partial charge on any atom is 0.233 e. The number of hydrogen-bond acceptors (Lipinski definition) is 3. The van der Waals surface area contributed by atoms with Crippen molar-refractivity contribution in [2.45, 2.75) is 39.0 Å². The predicted octanol–water partition coefficient (Wildman–Crippen LogP) is 3.26. The van der Waals surface area contributed by atoms with Crippen LogP contribution in [0, 0.1) is 18.8 Å². The molecule has 2 fully saturated rings. The number of halogens is 1. The van der Waals surface area contributed by atoms with Crippen LogP contribution in [0.3, 0.4) is 0 Å². The van der Waals surface area contributed by atoms with Crippen LogP contribution in [0.5, 0.6) is 0 Å². The molecule has 0 unspecified atom stereocenters. The van der Waals surface area contributed by atoms with Gasteiger partial charge in [0.2, 0.25) is 17.7 Å². The zero-order valence-corrected chi connectivity index (χ0v) is 15.3. The zero-order chi connectivity index (χ0) is 17.3. The summed E-state index contributed by atoms with van der Waals surface area (Å²) < 4.78 is 0.953. The van der Waals surface area contributed by atoms with Crippen molar-refractivity contribution in [2.75, 3.05) is 11.9 Å². The third-order valence-electron chi connectivity index (χ3n) is 4.96. The number of amides is 3. The zero-order valence-electron chi connectivity index (χ0n) is 13.7. The fourth-order valence-electron chi connectivity index (χ4n) is 3.64. The number of fused-ring (bicyclic) bond motifs is 1. The topological polar surface area (TPSA) is 66.5 Å². The fraction of sp³-hybridized carbons (Fsp3) is 0.500. The third kappa shape index (κ3) is 3.38. The molecule has 1 N–H and O–H groups in total. The molecular weight excluding hydrogens is 372 g/mol. The van der Waals surface area contributed by atoms with E-state index >= 15 is 0 Å². The van der Waals surface area contributed by atoms with Crippen LogP contribution >= 0.6 is 15.9 Å². The number of rotatable bonds is 4. The number of nitrogens with one attached hydrogen (secondary N) is 1. The fourth-order valence-corrected chi connectivity index (χ4v) is 4.12. The summed E-state index contributed by atoms with van der Waals surface area (Å²) in [5.74, 6) is -0.656. The molecule has 0 spiro atoms. The van der Waals surface area contributed by atoms with Gasteiger partial charge in [-0.1, -0.05) is 28.8 Å². The maximum absolute atomic E-state index is 12.4. The lowest BCUT2D eigenvalue weighted by Gasteiger charge is -2.19. The van der Waals surface area contributed by atoms with Crippen LogP contribution in [0.1, 0.15) is 37.7 Å². The Bertz CT molecular complexity index is 665. The summed E-state index contributed by atoms with van der Waals surface area (Å²) >= 11 is 3.39. The third-order valence-corrected chi connectivity index (χ3v) is 5.45. The Morgan fingerprint density at radius 2 is 1.83 bits per heavy atom. The van der Waals surface area contributed by atoms with Crippen LogP contribution in [0.25, 0.3) is 0 Å². The summed E-state index contributed by atoms with van der Waals surface area (Å²) in [5.41, 5.74) is 1.70. The Morgan fingerprint density at radius 1 is 1.21 bits per heavy atom. The van der Waals surface area contributed by atoms with Crippen molar-refractivity contribution >= 4 is 39.3 Å². The van der Waals surface area contributed by atoms with Gasteiger partial charge in [-0.15, -0.1) is 0 Å². The molecule has 2 atom stereocenters. The van der Waals surface area contributed by atoms with Gasteiger partial charge in [0.15, 0.2) is 0 Å². The lowest BCUT2D eigenvalue weighted by molar-refractivity contribution is -0.140. The highest BCUT2D eigenvalue weighted by molar-refractivity contribution is 9.10. The van der Waals surface area contributed by atoms with E-state index < -0.39 is 0 Å². The van der Waals surface area contributed by atoms with Crippen molar-refractivity contribution in [3.8, 4) is 0 Å². The molecule has 128 valence electrons. The highest BCUT2D eigenvalue weighted by Crippen LogP contribution is 2.38. The summed E-state index contributed by atoms with van der Waals surface area (Å²) in [7, 11) is 0. The molecule has 0 aromatic heterocycles. The predicted molar refractivity (Wildman–Crippen MR) is 94.3 cm³/mol. The average Bonchev–Trinajstić information content (AvgIpc) is 2.80. The summed E-state index contributed by atoms with van der Waals surface area (Å²) in [5, 5.41) is 2.84.